The number of imidazole rings is 1. The molecular formula is C25H22ClN7O. The first-order chi connectivity index (χ1) is 16.7. The summed E-state index contributed by atoms with van der Waals surface area (Å²) >= 11 is 5.98. The van der Waals surface area contributed by atoms with E-state index in [4.69, 9.17) is 31.3 Å². The number of rotatable bonds is 6. The Bertz CT molecular complexity index is 1400. The van der Waals surface area contributed by atoms with Crippen LogP contribution in [0.15, 0.2) is 72.1 Å². The molecule has 8 nitrogen and oxygen atoms in total. The van der Waals surface area contributed by atoms with Crippen molar-refractivity contribution in [1.29, 1.82) is 0 Å². The molecule has 0 radical (unpaired) electrons. The number of nitrogens with zero attached hydrogens (tertiary/aromatic N) is 5. The highest BCUT2D eigenvalue weighted by Crippen LogP contribution is 2.30. The zero-order chi connectivity index (χ0) is 23.5. The lowest BCUT2D eigenvalue weighted by atomic mass is 10.0. The standard InChI is InChI=1S/C25H22ClN7O/c1-27-24-18-9-6-12-28-22(16-7-4-3-5-8-16)23(18)31-25(32-24)30-17-10-11-19(20(13-17)34-2)33-14-21(26)29-15-33/h3-11,13-15H,12H2,1-2H3,(H2,27,30,31,32). The van der Waals surface area contributed by atoms with E-state index in [0.29, 0.717) is 29.2 Å². The van der Waals surface area contributed by atoms with Gasteiger partial charge in [0.15, 0.2) is 0 Å². The molecule has 4 aromatic rings. The molecule has 0 saturated carbocycles. The summed E-state index contributed by atoms with van der Waals surface area (Å²) in [5, 5.41) is 6.91. The van der Waals surface area contributed by atoms with Gasteiger partial charge in [0.2, 0.25) is 5.95 Å². The summed E-state index contributed by atoms with van der Waals surface area (Å²) in [5.41, 5.74) is 5.08. The fourth-order valence-electron chi connectivity index (χ4n) is 3.80. The SMILES string of the molecule is CNc1nc(Nc2ccc(-n3cnc(Cl)c3)c(OC)c2)nc2c1C=CCN=C2c1ccccc1. The molecule has 170 valence electrons. The van der Waals surface area contributed by atoms with Crippen molar-refractivity contribution in [2.75, 3.05) is 31.3 Å². The quantitative estimate of drug-likeness (QED) is 0.412. The fraction of sp³-hybridized carbons (Fsp3) is 0.120. The Morgan fingerprint density at radius 3 is 2.68 bits per heavy atom. The minimum Gasteiger partial charge on any atom is -0.494 e. The van der Waals surface area contributed by atoms with Crippen LogP contribution < -0.4 is 15.4 Å². The van der Waals surface area contributed by atoms with Gasteiger partial charge in [-0.1, -0.05) is 54.1 Å². The Hall–Kier alpha value is -4.17. The maximum atomic E-state index is 5.98. The van der Waals surface area contributed by atoms with Crippen LogP contribution in [-0.2, 0) is 0 Å². The van der Waals surface area contributed by atoms with Gasteiger partial charge in [-0.15, -0.1) is 0 Å². The van der Waals surface area contributed by atoms with Crippen molar-refractivity contribution in [2.24, 2.45) is 4.99 Å². The lowest BCUT2D eigenvalue weighted by Crippen LogP contribution is -2.13. The second kappa shape index (κ2) is 9.36. The summed E-state index contributed by atoms with van der Waals surface area (Å²) in [4.78, 5) is 18.4. The maximum Gasteiger partial charge on any atom is 0.229 e. The molecule has 0 amide bonds. The number of nitrogens with one attached hydrogen (secondary N) is 2. The third-order valence-electron chi connectivity index (χ3n) is 5.36. The Balaban J connectivity index is 1.54. The highest BCUT2D eigenvalue weighted by atomic mass is 35.5. The van der Waals surface area contributed by atoms with Gasteiger partial charge in [-0.25, -0.2) is 9.97 Å². The Morgan fingerprint density at radius 2 is 1.94 bits per heavy atom. The number of ether oxygens (including phenoxy) is 1. The van der Waals surface area contributed by atoms with Crippen LogP contribution >= 0.6 is 11.6 Å². The Morgan fingerprint density at radius 1 is 1.09 bits per heavy atom. The molecule has 0 atom stereocenters. The first-order valence-corrected chi connectivity index (χ1v) is 11.1. The van der Waals surface area contributed by atoms with Crippen molar-refractivity contribution in [3.8, 4) is 11.4 Å². The van der Waals surface area contributed by atoms with Crippen molar-refractivity contribution in [2.45, 2.75) is 0 Å². The third-order valence-corrected chi connectivity index (χ3v) is 5.55. The molecular weight excluding hydrogens is 450 g/mol. The molecule has 2 aromatic heterocycles. The van der Waals surface area contributed by atoms with Gasteiger partial charge in [0.1, 0.15) is 28.7 Å². The predicted molar refractivity (Wildman–Crippen MR) is 136 cm³/mol. The highest BCUT2D eigenvalue weighted by Gasteiger charge is 2.20. The molecule has 0 aliphatic carbocycles. The van der Waals surface area contributed by atoms with E-state index in [9.17, 15) is 0 Å². The molecule has 9 heteroatoms. The molecule has 0 bridgehead atoms. The van der Waals surface area contributed by atoms with Crippen LogP contribution in [0.4, 0.5) is 17.5 Å². The lowest BCUT2D eigenvalue weighted by molar-refractivity contribution is 0.413. The van der Waals surface area contributed by atoms with Gasteiger partial charge < -0.3 is 19.9 Å². The number of benzene rings is 2. The Kier molecular flexibility index (Phi) is 5.97. The summed E-state index contributed by atoms with van der Waals surface area (Å²) in [6.45, 7) is 0.573. The molecule has 1 aliphatic rings. The summed E-state index contributed by atoms with van der Waals surface area (Å²) in [6, 6.07) is 15.8. The van der Waals surface area contributed by atoms with Crippen LogP contribution in [0, 0.1) is 0 Å². The first-order valence-electron chi connectivity index (χ1n) is 10.7. The normalized spacial score (nSPS) is 12.5. The van der Waals surface area contributed by atoms with Gasteiger partial charge in [0.25, 0.3) is 0 Å². The van der Waals surface area contributed by atoms with E-state index in [1.807, 2.05) is 67.7 Å². The van der Waals surface area contributed by atoms with Crippen molar-refractivity contribution >= 4 is 40.8 Å². The van der Waals surface area contributed by atoms with Gasteiger partial charge >= 0.3 is 0 Å². The van der Waals surface area contributed by atoms with Gasteiger partial charge in [0, 0.05) is 36.1 Å². The van der Waals surface area contributed by atoms with E-state index in [0.717, 1.165) is 33.9 Å². The van der Waals surface area contributed by atoms with Crippen LogP contribution in [0.1, 0.15) is 16.8 Å². The highest BCUT2D eigenvalue weighted by molar-refractivity contribution is 6.29. The van der Waals surface area contributed by atoms with E-state index in [1.165, 1.54) is 0 Å². The Labute approximate surface area is 202 Å². The zero-order valence-electron chi connectivity index (χ0n) is 18.7. The number of hydrogen-bond donors (Lipinski definition) is 2. The van der Waals surface area contributed by atoms with E-state index in [2.05, 4.69) is 15.6 Å². The number of hydrogen-bond acceptors (Lipinski definition) is 7. The molecule has 0 unspecified atom stereocenters. The number of anilines is 3. The monoisotopic (exact) mass is 471 g/mol. The number of aromatic nitrogens is 4. The molecule has 0 spiro atoms. The van der Waals surface area contributed by atoms with Gasteiger partial charge in [-0.2, -0.15) is 4.98 Å². The van der Waals surface area contributed by atoms with Crippen LogP contribution in [0.2, 0.25) is 5.15 Å². The molecule has 5 rings (SSSR count). The molecule has 2 N–H and O–H groups in total. The zero-order valence-corrected chi connectivity index (χ0v) is 19.4. The summed E-state index contributed by atoms with van der Waals surface area (Å²) in [7, 11) is 3.46. The van der Waals surface area contributed by atoms with E-state index in [1.54, 1.807) is 24.2 Å². The van der Waals surface area contributed by atoms with Crippen molar-refractivity contribution < 1.29 is 4.74 Å². The molecule has 34 heavy (non-hydrogen) atoms. The van der Waals surface area contributed by atoms with Crippen LogP contribution in [-0.4, -0.2) is 45.9 Å². The minimum atomic E-state index is 0.409. The van der Waals surface area contributed by atoms with Crippen molar-refractivity contribution in [1.82, 2.24) is 19.5 Å². The molecule has 1 aliphatic heterocycles. The average Bonchev–Trinajstić information content (AvgIpc) is 3.18. The largest absolute Gasteiger partial charge is 0.494 e. The smallest absolute Gasteiger partial charge is 0.229 e. The summed E-state index contributed by atoms with van der Waals surface area (Å²) in [5.74, 6) is 1.81. The third kappa shape index (κ3) is 4.23. The number of halogens is 1. The fourth-order valence-corrected chi connectivity index (χ4v) is 3.94. The van der Waals surface area contributed by atoms with Gasteiger partial charge in [0.05, 0.1) is 25.1 Å². The lowest BCUT2D eigenvalue weighted by Gasteiger charge is -2.16. The topological polar surface area (TPSA) is 89.2 Å². The van der Waals surface area contributed by atoms with E-state index in [-0.39, 0.29) is 0 Å². The second-order valence-corrected chi connectivity index (χ2v) is 7.87. The molecule has 0 fully saturated rings. The second-order valence-electron chi connectivity index (χ2n) is 7.48. The van der Waals surface area contributed by atoms with Gasteiger partial charge in [-0.3, -0.25) is 4.99 Å². The van der Waals surface area contributed by atoms with E-state index >= 15 is 0 Å². The van der Waals surface area contributed by atoms with Crippen LogP contribution in [0.3, 0.4) is 0 Å². The molecule has 0 saturated heterocycles. The maximum absolute atomic E-state index is 5.98. The van der Waals surface area contributed by atoms with Crippen LogP contribution in [0.5, 0.6) is 5.75 Å². The van der Waals surface area contributed by atoms with Crippen molar-refractivity contribution in [3.05, 3.63) is 89.1 Å². The van der Waals surface area contributed by atoms with E-state index < -0.39 is 0 Å². The average molecular weight is 472 g/mol. The number of methoxy groups -OCH3 is 1. The molecule has 2 aromatic carbocycles. The minimum absolute atomic E-state index is 0.409. The van der Waals surface area contributed by atoms with Gasteiger partial charge in [-0.05, 0) is 12.1 Å². The molecule has 3 heterocycles. The summed E-state index contributed by atoms with van der Waals surface area (Å²) < 4.78 is 7.40. The predicted octanol–water partition coefficient (Wildman–Crippen LogP) is 4.97. The van der Waals surface area contributed by atoms with Crippen LogP contribution in [0.25, 0.3) is 11.8 Å². The van der Waals surface area contributed by atoms with Crippen molar-refractivity contribution in [3.63, 3.8) is 0 Å². The number of fused-ring (bicyclic) bond motifs is 1. The summed E-state index contributed by atoms with van der Waals surface area (Å²) in [6.07, 6.45) is 7.38. The first kappa shape index (κ1) is 21.7. The number of aliphatic imine (C=N–C) groups is 1.